The van der Waals surface area contributed by atoms with Gasteiger partial charge in [0.15, 0.2) is 17.6 Å². The molecule has 8 nitrogen and oxygen atoms in total. The molecule has 0 radical (unpaired) electrons. The van der Waals surface area contributed by atoms with E-state index in [0.717, 1.165) is 24.2 Å². The van der Waals surface area contributed by atoms with Gasteiger partial charge in [0.25, 0.3) is 5.91 Å². The van der Waals surface area contributed by atoms with E-state index in [1.165, 1.54) is 12.8 Å². The van der Waals surface area contributed by atoms with Gasteiger partial charge in [0, 0.05) is 18.2 Å². The molecule has 3 aliphatic carbocycles. The van der Waals surface area contributed by atoms with Crippen LogP contribution >= 0.6 is 0 Å². The van der Waals surface area contributed by atoms with Crippen LogP contribution in [0.25, 0.3) is 0 Å². The molecule has 5 N–H and O–H groups in total. The number of likely N-dealkylation sites (tertiary alicyclic amines) is 1. The van der Waals surface area contributed by atoms with Gasteiger partial charge in [-0.3, -0.25) is 9.69 Å². The van der Waals surface area contributed by atoms with E-state index < -0.39 is 28.6 Å². The number of phenols is 1. The zero-order chi connectivity index (χ0) is 24.0. The predicted molar refractivity (Wildman–Crippen MR) is 124 cm³/mol. The van der Waals surface area contributed by atoms with Crippen LogP contribution < -0.4 is 10.1 Å². The number of ether oxygens (including phenoxy) is 1. The number of nitrogens with one attached hydrogen (secondary N) is 1. The lowest BCUT2D eigenvalue weighted by Gasteiger charge is -2.59. The highest BCUT2D eigenvalue weighted by Gasteiger charge is 2.69. The number of amides is 1. The molecule has 0 aromatic heterocycles. The van der Waals surface area contributed by atoms with Crippen LogP contribution in [0.3, 0.4) is 0 Å². The average molecular weight is 471 g/mol. The summed E-state index contributed by atoms with van der Waals surface area (Å²) in [6, 6.07) is 3.36. The topological polar surface area (TPSA) is 122 Å². The van der Waals surface area contributed by atoms with Gasteiger partial charge in [0.2, 0.25) is 0 Å². The zero-order valence-corrected chi connectivity index (χ0v) is 19.8. The molecular weight excluding hydrogens is 436 g/mol. The van der Waals surface area contributed by atoms with Crippen LogP contribution in [0.4, 0.5) is 0 Å². The summed E-state index contributed by atoms with van der Waals surface area (Å²) in [6.45, 7) is 4.92. The molecule has 3 fully saturated rings. The Kier molecular flexibility index (Phi) is 4.65. The van der Waals surface area contributed by atoms with Crippen LogP contribution in [-0.2, 0) is 16.6 Å². The summed E-state index contributed by atoms with van der Waals surface area (Å²) in [4.78, 5) is 15.3. The average Bonchev–Trinajstić information content (AvgIpc) is 3.72. The van der Waals surface area contributed by atoms with Crippen molar-refractivity contribution in [1.82, 2.24) is 10.2 Å². The Labute approximate surface area is 199 Å². The smallest absolute Gasteiger partial charge is 0.250 e. The fourth-order valence-electron chi connectivity index (χ4n) is 6.69. The molecule has 2 saturated carbocycles. The van der Waals surface area contributed by atoms with Gasteiger partial charge < -0.3 is 30.5 Å². The molecule has 5 aliphatic rings. The summed E-state index contributed by atoms with van der Waals surface area (Å²) in [6.07, 6.45) is 4.03. The number of rotatable bonds is 6. The summed E-state index contributed by atoms with van der Waals surface area (Å²) in [7, 11) is 0. The Morgan fingerprint density at radius 1 is 1.26 bits per heavy atom. The van der Waals surface area contributed by atoms with Crippen molar-refractivity contribution in [3.8, 4) is 11.5 Å². The van der Waals surface area contributed by atoms with E-state index in [1.54, 1.807) is 13.0 Å². The SMILES string of the molecule is C/C(C(=O)NC1(CO)CC1)=C(/O)[C@@H]1Oc2c(O)ccc3c2[C@@]12CCN(CC1CC1)[C@H](C3)[C@@]2(C)O. The van der Waals surface area contributed by atoms with Crippen LogP contribution in [0.15, 0.2) is 23.5 Å². The Morgan fingerprint density at radius 3 is 2.65 bits per heavy atom. The molecule has 2 aliphatic heterocycles. The molecule has 34 heavy (non-hydrogen) atoms. The maximum absolute atomic E-state index is 13.0. The standard InChI is InChI=1S/C26H34N2O6/c1-14(23(32)27-25(13-29)7-8-25)20(31)22-26-9-10-28(12-15-3-4-15)18(24(26,2)33)11-16-5-6-17(30)21(34-22)19(16)26/h5-6,15,18,22,29-31,33H,3-4,7-13H2,1-2H3,(H,27,32)/b20-14-/t18-,22+,24-,26+/m1/s1. The minimum Gasteiger partial charge on any atom is -0.508 e. The van der Waals surface area contributed by atoms with Crippen molar-refractivity contribution in [2.24, 2.45) is 5.92 Å². The molecule has 1 aromatic carbocycles. The van der Waals surface area contributed by atoms with Crippen LogP contribution in [0.5, 0.6) is 11.5 Å². The number of phenolic OH excluding ortho intramolecular Hbond substituents is 1. The van der Waals surface area contributed by atoms with Crippen LogP contribution in [0.2, 0.25) is 0 Å². The highest BCUT2D eigenvalue weighted by atomic mass is 16.5. The van der Waals surface area contributed by atoms with Crippen LogP contribution in [-0.4, -0.2) is 74.2 Å². The van der Waals surface area contributed by atoms with Crippen molar-refractivity contribution in [2.75, 3.05) is 19.7 Å². The third kappa shape index (κ3) is 2.91. The first-order valence-corrected chi connectivity index (χ1v) is 12.4. The van der Waals surface area contributed by atoms with Gasteiger partial charge in [0.1, 0.15) is 5.76 Å². The van der Waals surface area contributed by atoms with Gasteiger partial charge in [-0.15, -0.1) is 0 Å². The van der Waals surface area contributed by atoms with E-state index in [4.69, 9.17) is 4.74 Å². The second-order valence-electron chi connectivity index (χ2n) is 11.4. The molecule has 4 atom stereocenters. The normalized spacial score (nSPS) is 35.8. The summed E-state index contributed by atoms with van der Waals surface area (Å²) in [5, 5.41) is 46.7. The number of carbonyl (C=O) groups is 1. The number of piperidine rings is 1. The first-order chi connectivity index (χ1) is 16.1. The van der Waals surface area contributed by atoms with Crippen LogP contribution in [0, 0.1) is 5.92 Å². The third-order valence-corrected chi connectivity index (χ3v) is 9.25. The van der Waals surface area contributed by atoms with Crippen molar-refractivity contribution >= 4 is 5.91 Å². The lowest BCUT2D eigenvalue weighted by Crippen LogP contribution is -2.73. The quantitative estimate of drug-likeness (QED) is 0.317. The van der Waals surface area contributed by atoms with E-state index in [-0.39, 0.29) is 29.7 Å². The van der Waals surface area contributed by atoms with E-state index >= 15 is 0 Å². The second kappa shape index (κ2) is 7.12. The molecule has 1 amide bonds. The minimum atomic E-state index is -1.25. The summed E-state index contributed by atoms with van der Waals surface area (Å²) in [5.41, 5.74) is -0.967. The van der Waals surface area contributed by atoms with Gasteiger partial charge in [-0.05, 0) is 76.5 Å². The van der Waals surface area contributed by atoms with Gasteiger partial charge in [-0.1, -0.05) is 6.07 Å². The molecule has 1 saturated heterocycles. The summed E-state index contributed by atoms with van der Waals surface area (Å²) < 4.78 is 6.24. The second-order valence-corrected chi connectivity index (χ2v) is 11.4. The summed E-state index contributed by atoms with van der Waals surface area (Å²) in [5.74, 6) is 0.262. The molecule has 8 heteroatoms. The van der Waals surface area contributed by atoms with Crippen molar-refractivity contribution in [1.29, 1.82) is 0 Å². The van der Waals surface area contributed by atoms with Gasteiger partial charge >= 0.3 is 0 Å². The monoisotopic (exact) mass is 470 g/mol. The van der Waals surface area contributed by atoms with Crippen LogP contribution in [0.1, 0.15) is 57.1 Å². The van der Waals surface area contributed by atoms with Crippen molar-refractivity contribution < 1.29 is 30.0 Å². The van der Waals surface area contributed by atoms with E-state index in [2.05, 4.69) is 10.2 Å². The van der Waals surface area contributed by atoms with Gasteiger partial charge in [0.05, 0.1) is 28.7 Å². The van der Waals surface area contributed by atoms with Crippen molar-refractivity contribution in [3.63, 3.8) is 0 Å². The third-order valence-electron chi connectivity index (χ3n) is 9.25. The van der Waals surface area contributed by atoms with Gasteiger partial charge in [-0.2, -0.15) is 0 Å². The number of aromatic hydroxyl groups is 1. The number of hydrogen-bond donors (Lipinski definition) is 5. The van der Waals surface area contributed by atoms with Crippen molar-refractivity contribution in [2.45, 2.75) is 81.1 Å². The molecule has 1 spiro atoms. The number of nitrogens with zero attached hydrogens (tertiary/aromatic N) is 1. The minimum absolute atomic E-state index is 0.0256. The molecule has 0 unspecified atom stereocenters. The largest absolute Gasteiger partial charge is 0.508 e. The number of aliphatic hydroxyl groups is 3. The fraction of sp³-hybridized carbons (Fsp3) is 0.654. The van der Waals surface area contributed by atoms with E-state index in [1.807, 2.05) is 13.0 Å². The number of benzene rings is 1. The molecule has 2 bridgehead atoms. The number of fused-ring (bicyclic) bond motifs is 1. The lowest BCUT2D eigenvalue weighted by atomic mass is 9.53. The molecule has 2 heterocycles. The molecule has 184 valence electrons. The molecule has 6 rings (SSSR count). The maximum atomic E-state index is 13.0. The number of aliphatic hydroxyl groups excluding tert-OH is 2. The van der Waals surface area contributed by atoms with E-state index in [9.17, 15) is 25.2 Å². The van der Waals surface area contributed by atoms with Crippen molar-refractivity contribution in [3.05, 3.63) is 34.6 Å². The van der Waals surface area contributed by atoms with E-state index in [0.29, 0.717) is 37.4 Å². The zero-order valence-electron chi connectivity index (χ0n) is 19.8. The number of hydrogen-bond acceptors (Lipinski definition) is 7. The maximum Gasteiger partial charge on any atom is 0.250 e. The highest BCUT2D eigenvalue weighted by molar-refractivity contribution is 5.94. The Hall–Kier alpha value is -2.29. The predicted octanol–water partition coefficient (Wildman–Crippen LogP) is 1.66. The molecule has 1 aromatic rings. The highest BCUT2D eigenvalue weighted by Crippen LogP contribution is 2.63. The first kappa shape index (κ1) is 22.2. The lowest BCUT2D eigenvalue weighted by molar-refractivity contribution is -0.153. The Balaban J connectivity index is 1.44. The Bertz CT molecular complexity index is 1090. The first-order valence-electron chi connectivity index (χ1n) is 12.4. The summed E-state index contributed by atoms with van der Waals surface area (Å²) >= 11 is 0. The number of carbonyl (C=O) groups excluding carboxylic acids is 1. The fourth-order valence-corrected chi connectivity index (χ4v) is 6.69. The van der Waals surface area contributed by atoms with Gasteiger partial charge in [-0.25, -0.2) is 0 Å². The Morgan fingerprint density at radius 2 is 2.00 bits per heavy atom. The molecular formula is C26H34N2O6.